The first-order valence-electron chi connectivity index (χ1n) is 11.7. The van der Waals surface area contributed by atoms with Crippen molar-refractivity contribution in [2.24, 2.45) is 0 Å². The van der Waals surface area contributed by atoms with Crippen molar-refractivity contribution in [1.29, 1.82) is 0 Å². The molecule has 36 heavy (non-hydrogen) atoms. The minimum atomic E-state index is -0.975. The number of carbonyl (C=O) groups excluding carboxylic acids is 2. The second-order valence-electron chi connectivity index (χ2n) is 9.80. The summed E-state index contributed by atoms with van der Waals surface area (Å²) in [6.07, 6.45) is -0.288. The second-order valence-corrected chi connectivity index (χ2v) is 9.80. The number of halogens is 1. The lowest BCUT2D eigenvalue weighted by Gasteiger charge is -2.29. The average molecular weight is 497 g/mol. The number of fused-ring (bicyclic) bond motifs is 1. The zero-order chi connectivity index (χ0) is 26.0. The van der Waals surface area contributed by atoms with Crippen LogP contribution in [0.1, 0.15) is 49.3 Å². The lowest BCUT2D eigenvalue weighted by Crippen LogP contribution is -2.41. The average Bonchev–Trinajstić information content (AvgIpc) is 3.11. The number of amides is 1. The Morgan fingerprint density at radius 1 is 1.14 bits per heavy atom. The molecular weight excluding hydrogens is 467 g/mol. The minimum absolute atomic E-state index is 0.0828. The van der Waals surface area contributed by atoms with Gasteiger partial charge in [0.25, 0.3) is 5.56 Å². The van der Waals surface area contributed by atoms with Crippen LogP contribution >= 0.6 is 0 Å². The van der Waals surface area contributed by atoms with E-state index in [0.29, 0.717) is 28.2 Å². The van der Waals surface area contributed by atoms with E-state index in [1.165, 1.54) is 24.1 Å². The fourth-order valence-electron chi connectivity index (χ4n) is 4.39. The Morgan fingerprint density at radius 3 is 2.56 bits per heavy atom. The van der Waals surface area contributed by atoms with E-state index in [2.05, 4.69) is 5.16 Å². The number of hydrogen-bond acceptors (Lipinski definition) is 6. The van der Waals surface area contributed by atoms with Crippen molar-refractivity contribution in [3.8, 4) is 11.5 Å². The summed E-state index contributed by atoms with van der Waals surface area (Å²) in [4.78, 5) is 39.9. The van der Waals surface area contributed by atoms with Gasteiger partial charge in [0.1, 0.15) is 35.7 Å². The highest BCUT2D eigenvalue weighted by atomic mass is 19.1. The van der Waals surface area contributed by atoms with Gasteiger partial charge in [-0.25, -0.2) is 4.39 Å². The summed E-state index contributed by atoms with van der Waals surface area (Å²) in [5.74, 6) is 0.0733. The van der Waals surface area contributed by atoms with Crippen LogP contribution in [-0.2, 0) is 27.8 Å². The number of ether oxygens (including phenoxy) is 2. The number of aromatic amines is 1. The van der Waals surface area contributed by atoms with Crippen molar-refractivity contribution >= 4 is 11.7 Å². The number of Topliss-reactive ketones (excluding diaryl/α,β-unsaturated/α-hetero) is 1. The Bertz CT molecular complexity index is 1340. The van der Waals surface area contributed by atoms with Crippen molar-refractivity contribution in [1.82, 2.24) is 10.1 Å². The molecule has 190 valence electrons. The van der Waals surface area contributed by atoms with Gasteiger partial charge in [-0.15, -0.1) is 0 Å². The normalized spacial score (nSPS) is 15.6. The molecule has 0 spiro atoms. The van der Waals surface area contributed by atoms with Crippen LogP contribution in [0.5, 0.6) is 11.5 Å². The number of rotatable bonds is 6. The Hall–Kier alpha value is -3.88. The van der Waals surface area contributed by atoms with Crippen LogP contribution in [0.4, 0.5) is 4.39 Å². The minimum Gasteiger partial charge on any atom is -0.497 e. The van der Waals surface area contributed by atoms with E-state index >= 15 is 0 Å². The van der Waals surface area contributed by atoms with E-state index in [1.54, 1.807) is 30.3 Å². The molecule has 0 aliphatic carbocycles. The lowest BCUT2D eigenvalue weighted by molar-refractivity contribution is -0.139. The molecule has 2 aromatic carbocycles. The van der Waals surface area contributed by atoms with Gasteiger partial charge in [0.05, 0.1) is 20.1 Å². The number of carbonyl (C=O) groups is 2. The molecule has 4 rings (SSSR count). The molecule has 0 bridgehead atoms. The van der Waals surface area contributed by atoms with Crippen molar-refractivity contribution in [3.63, 3.8) is 0 Å². The van der Waals surface area contributed by atoms with E-state index in [1.807, 2.05) is 20.8 Å². The molecule has 0 radical (unpaired) electrons. The molecule has 0 saturated heterocycles. The van der Waals surface area contributed by atoms with Gasteiger partial charge in [0.2, 0.25) is 5.91 Å². The third kappa shape index (κ3) is 5.35. The Kier molecular flexibility index (Phi) is 7.01. The Morgan fingerprint density at radius 2 is 1.92 bits per heavy atom. The van der Waals surface area contributed by atoms with Gasteiger partial charge >= 0.3 is 0 Å². The smallest absolute Gasteiger partial charge is 0.280 e. The SMILES string of the molecule is COc1ccc2c(c1)OCCN(C(=O)Cc1cc(=O)[nH]o1)C2C(=O)Cc1ccc(C(C)(C)C)c(F)c1. The summed E-state index contributed by atoms with van der Waals surface area (Å²) >= 11 is 0. The van der Waals surface area contributed by atoms with E-state index < -0.39 is 17.5 Å². The summed E-state index contributed by atoms with van der Waals surface area (Å²) in [6.45, 7) is 6.05. The summed E-state index contributed by atoms with van der Waals surface area (Å²) in [5.41, 5.74) is 0.745. The zero-order valence-corrected chi connectivity index (χ0v) is 20.7. The fourth-order valence-corrected chi connectivity index (χ4v) is 4.39. The molecular formula is C27H29FN2O6. The van der Waals surface area contributed by atoms with Gasteiger partial charge in [-0.1, -0.05) is 32.9 Å². The number of benzene rings is 2. The van der Waals surface area contributed by atoms with Crippen molar-refractivity contribution in [2.45, 2.75) is 45.1 Å². The predicted octanol–water partition coefficient (Wildman–Crippen LogP) is 3.73. The number of methoxy groups -OCH3 is 1. The van der Waals surface area contributed by atoms with Gasteiger partial charge in [0.15, 0.2) is 5.78 Å². The molecule has 1 amide bonds. The quantitative estimate of drug-likeness (QED) is 0.558. The number of H-pyrrole nitrogens is 1. The van der Waals surface area contributed by atoms with Crippen LogP contribution in [0.2, 0.25) is 0 Å². The number of nitrogens with zero attached hydrogens (tertiary/aromatic N) is 1. The van der Waals surface area contributed by atoms with Gasteiger partial charge in [-0.05, 0) is 34.7 Å². The summed E-state index contributed by atoms with van der Waals surface area (Å²) in [7, 11) is 1.53. The van der Waals surface area contributed by atoms with Gasteiger partial charge in [-0.2, -0.15) is 5.16 Å². The van der Waals surface area contributed by atoms with E-state index in [-0.39, 0.29) is 48.8 Å². The molecule has 3 aromatic rings. The zero-order valence-electron chi connectivity index (χ0n) is 20.7. The molecule has 0 fully saturated rings. The monoisotopic (exact) mass is 496 g/mol. The maximum atomic E-state index is 14.8. The molecule has 1 N–H and O–H groups in total. The number of aromatic nitrogens is 1. The molecule has 2 heterocycles. The van der Waals surface area contributed by atoms with Crippen LogP contribution in [0.15, 0.2) is 51.8 Å². The standard InChI is InChI=1S/C27H29FN2O6/c1-27(2,3)20-8-5-16(11-21(20)28)12-22(31)26-19-7-6-17(34-4)13-23(19)35-10-9-30(26)25(33)15-18-14-24(32)29-36-18/h5-8,11,13-14,26H,9-10,12,15H2,1-4H3,(H,29,32). The van der Waals surface area contributed by atoms with Crippen LogP contribution < -0.4 is 15.0 Å². The van der Waals surface area contributed by atoms with E-state index in [9.17, 15) is 18.8 Å². The fraction of sp³-hybridized carbons (Fsp3) is 0.370. The molecule has 1 atom stereocenters. The van der Waals surface area contributed by atoms with Gasteiger partial charge in [0, 0.05) is 24.1 Å². The Balaban J connectivity index is 1.69. The second kappa shape index (κ2) is 10.0. The largest absolute Gasteiger partial charge is 0.497 e. The van der Waals surface area contributed by atoms with Gasteiger partial charge in [-0.3, -0.25) is 14.4 Å². The summed E-state index contributed by atoms with van der Waals surface area (Å²) < 4.78 is 31.0. The molecule has 1 aliphatic heterocycles. The maximum Gasteiger partial charge on any atom is 0.280 e. The van der Waals surface area contributed by atoms with Crippen molar-refractivity contribution in [2.75, 3.05) is 20.3 Å². The lowest BCUT2D eigenvalue weighted by atomic mass is 9.85. The van der Waals surface area contributed by atoms with Gasteiger partial charge < -0.3 is 18.9 Å². The third-order valence-electron chi connectivity index (χ3n) is 6.16. The topological polar surface area (TPSA) is 102 Å². The first-order chi connectivity index (χ1) is 17.1. The Labute approximate surface area is 208 Å². The highest BCUT2D eigenvalue weighted by molar-refractivity contribution is 5.92. The van der Waals surface area contributed by atoms with E-state index in [0.717, 1.165) is 0 Å². The highest BCUT2D eigenvalue weighted by Crippen LogP contribution is 2.36. The molecule has 8 nitrogen and oxygen atoms in total. The molecule has 0 saturated carbocycles. The highest BCUT2D eigenvalue weighted by Gasteiger charge is 2.36. The molecule has 1 aromatic heterocycles. The van der Waals surface area contributed by atoms with E-state index in [4.69, 9.17) is 14.0 Å². The predicted molar refractivity (Wildman–Crippen MR) is 130 cm³/mol. The first-order valence-corrected chi connectivity index (χ1v) is 11.7. The third-order valence-corrected chi connectivity index (χ3v) is 6.16. The van der Waals surface area contributed by atoms with Crippen molar-refractivity contribution in [3.05, 3.63) is 81.1 Å². The molecule has 9 heteroatoms. The number of hydrogen-bond donors (Lipinski definition) is 1. The summed E-state index contributed by atoms with van der Waals surface area (Å²) in [6, 6.07) is 10.1. The van der Waals surface area contributed by atoms with Crippen LogP contribution in [0.3, 0.4) is 0 Å². The first kappa shape index (κ1) is 25.2. The van der Waals surface area contributed by atoms with Crippen molar-refractivity contribution < 1.29 is 28.0 Å². The molecule has 1 aliphatic rings. The van der Waals surface area contributed by atoms with Crippen LogP contribution in [0, 0.1) is 5.82 Å². The maximum absolute atomic E-state index is 14.8. The van der Waals surface area contributed by atoms with Crippen LogP contribution in [-0.4, -0.2) is 42.0 Å². The van der Waals surface area contributed by atoms with Crippen LogP contribution in [0.25, 0.3) is 0 Å². The summed E-state index contributed by atoms with van der Waals surface area (Å²) in [5, 5.41) is 2.16. The molecule has 1 unspecified atom stereocenters. The number of ketones is 1. The number of nitrogens with one attached hydrogen (secondary N) is 1.